The van der Waals surface area contributed by atoms with Gasteiger partial charge in [-0.3, -0.25) is 4.79 Å². The summed E-state index contributed by atoms with van der Waals surface area (Å²) in [6.07, 6.45) is 6.83. The Morgan fingerprint density at radius 3 is 2.22 bits per heavy atom. The number of amides is 1. The van der Waals surface area contributed by atoms with Crippen molar-refractivity contribution in [1.29, 1.82) is 0 Å². The highest BCUT2D eigenvalue weighted by Crippen LogP contribution is 2.33. The fourth-order valence-electron chi connectivity index (χ4n) is 3.77. The van der Waals surface area contributed by atoms with Gasteiger partial charge in [0, 0.05) is 18.5 Å². The van der Waals surface area contributed by atoms with Gasteiger partial charge in [0.2, 0.25) is 0 Å². The molecule has 0 unspecified atom stereocenters. The molecular formula is C20H33N2O+. The second-order valence-electron chi connectivity index (χ2n) is 7.37. The van der Waals surface area contributed by atoms with Crippen LogP contribution >= 0.6 is 0 Å². The van der Waals surface area contributed by atoms with Crippen molar-refractivity contribution in [3.8, 4) is 0 Å². The molecule has 0 bridgehead atoms. The summed E-state index contributed by atoms with van der Waals surface area (Å²) in [5, 5.41) is 4.94. The monoisotopic (exact) mass is 317 g/mol. The molecule has 1 saturated carbocycles. The molecule has 1 fully saturated rings. The van der Waals surface area contributed by atoms with Crippen LogP contribution in [0.15, 0.2) is 24.3 Å². The lowest BCUT2D eigenvalue weighted by molar-refractivity contribution is -0.719. The van der Waals surface area contributed by atoms with E-state index in [0.717, 1.165) is 5.92 Å². The van der Waals surface area contributed by atoms with Crippen molar-refractivity contribution in [2.45, 2.75) is 70.9 Å². The van der Waals surface area contributed by atoms with Crippen molar-refractivity contribution in [1.82, 2.24) is 5.32 Å². The first-order chi connectivity index (χ1) is 11.0. The van der Waals surface area contributed by atoms with Gasteiger partial charge in [0.15, 0.2) is 6.04 Å². The van der Waals surface area contributed by atoms with E-state index in [1.54, 1.807) is 7.05 Å². The molecular weight excluding hydrogens is 284 g/mol. The fraction of sp³-hybridized carbons (Fsp3) is 0.650. The van der Waals surface area contributed by atoms with Gasteiger partial charge in [0.25, 0.3) is 5.91 Å². The summed E-state index contributed by atoms with van der Waals surface area (Å²) in [4.78, 5) is 11.8. The number of benzene rings is 1. The second-order valence-corrected chi connectivity index (χ2v) is 7.37. The van der Waals surface area contributed by atoms with E-state index < -0.39 is 0 Å². The Labute approximate surface area is 141 Å². The van der Waals surface area contributed by atoms with E-state index in [-0.39, 0.29) is 11.9 Å². The molecule has 1 aromatic rings. The number of likely N-dealkylation sites (N-methyl/N-ethyl adjacent to an activating group) is 1. The Kier molecular flexibility index (Phi) is 6.64. The standard InChI is InChI=1S/C20H32N2O/c1-14(2)19(22-15(3)20(23)21-4)18-12-10-17(11-13-18)16-8-6-5-7-9-16/h10-16,19,22H,5-9H2,1-4H3,(H,21,23)/p+1/t15-,19-/m1/s1. The van der Waals surface area contributed by atoms with Crippen molar-refractivity contribution in [2.24, 2.45) is 5.92 Å². The van der Waals surface area contributed by atoms with E-state index in [0.29, 0.717) is 12.0 Å². The Morgan fingerprint density at radius 2 is 1.70 bits per heavy atom. The minimum atomic E-state index is -0.0644. The largest absolute Gasteiger partial charge is 0.354 e. The Balaban J connectivity index is 2.08. The molecule has 0 aromatic heterocycles. The molecule has 0 spiro atoms. The van der Waals surface area contributed by atoms with Crippen molar-refractivity contribution in [2.75, 3.05) is 7.05 Å². The highest BCUT2D eigenvalue weighted by molar-refractivity contribution is 5.79. The summed E-state index contributed by atoms with van der Waals surface area (Å²) in [6, 6.07) is 9.45. The molecule has 2 rings (SSSR count). The Hall–Kier alpha value is -1.35. The molecule has 3 N–H and O–H groups in total. The average molecular weight is 317 g/mol. The van der Waals surface area contributed by atoms with Gasteiger partial charge < -0.3 is 10.6 Å². The van der Waals surface area contributed by atoms with Gasteiger partial charge in [-0.05, 0) is 31.2 Å². The first-order valence-corrected chi connectivity index (χ1v) is 9.19. The van der Waals surface area contributed by atoms with Crippen LogP contribution in [-0.4, -0.2) is 19.0 Å². The van der Waals surface area contributed by atoms with Crippen molar-refractivity contribution in [3.05, 3.63) is 35.4 Å². The zero-order chi connectivity index (χ0) is 16.8. The Morgan fingerprint density at radius 1 is 1.09 bits per heavy atom. The van der Waals surface area contributed by atoms with Gasteiger partial charge >= 0.3 is 0 Å². The lowest BCUT2D eigenvalue weighted by Crippen LogP contribution is -2.93. The van der Waals surface area contributed by atoms with Gasteiger partial charge in [-0.25, -0.2) is 0 Å². The molecule has 0 heterocycles. The predicted molar refractivity (Wildman–Crippen MR) is 95.3 cm³/mol. The van der Waals surface area contributed by atoms with E-state index >= 15 is 0 Å². The van der Waals surface area contributed by atoms with E-state index in [1.165, 1.54) is 43.2 Å². The topological polar surface area (TPSA) is 45.7 Å². The zero-order valence-electron chi connectivity index (χ0n) is 15.1. The van der Waals surface area contributed by atoms with Gasteiger partial charge in [-0.2, -0.15) is 0 Å². The van der Waals surface area contributed by atoms with Crippen molar-refractivity contribution < 1.29 is 10.1 Å². The van der Waals surface area contributed by atoms with Crippen LogP contribution in [0.3, 0.4) is 0 Å². The molecule has 0 radical (unpaired) electrons. The fourth-order valence-corrected chi connectivity index (χ4v) is 3.77. The maximum Gasteiger partial charge on any atom is 0.277 e. The highest BCUT2D eigenvalue weighted by Gasteiger charge is 2.25. The third-order valence-electron chi connectivity index (χ3n) is 5.27. The van der Waals surface area contributed by atoms with E-state index in [1.807, 2.05) is 6.92 Å². The van der Waals surface area contributed by atoms with Crippen LogP contribution in [0.1, 0.15) is 76.0 Å². The summed E-state index contributed by atoms with van der Waals surface area (Å²) >= 11 is 0. The maximum absolute atomic E-state index is 11.8. The molecule has 128 valence electrons. The summed E-state index contributed by atoms with van der Waals surface area (Å²) in [6.45, 7) is 6.43. The average Bonchev–Trinajstić information content (AvgIpc) is 2.59. The van der Waals surface area contributed by atoms with E-state index in [4.69, 9.17) is 0 Å². The highest BCUT2D eigenvalue weighted by atomic mass is 16.2. The quantitative estimate of drug-likeness (QED) is 0.832. The molecule has 3 nitrogen and oxygen atoms in total. The third kappa shape index (κ3) is 4.81. The number of hydrogen-bond acceptors (Lipinski definition) is 1. The van der Waals surface area contributed by atoms with Crippen LogP contribution in [0.4, 0.5) is 0 Å². The van der Waals surface area contributed by atoms with Crippen molar-refractivity contribution in [3.63, 3.8) is 0 Å². The smallest absolute Gasteiger partial charge is 0.277 e. The van der Waals surface area contributed by atoms with Crippen LogP contribution in [0.2, 0.25) is 0 Å². The first-order valence-electron chi connectivity index (χ1n) is 9.19. The number of nitrogens with two attached hydrogens (primary N) is 1. The molecule has 2 atom stereocenters. The normalized spacial score (nSPS) is 18.7. The maximum atomic E-state index is 11.8. The second kappa shape index (κ2) is 8.49. The molecule has 1 aromatic carbocycles. The van der Waals surface area contributed by atoms with Crippen LogP contribution in [0.5, 0.6) is 0 Å². The predicted octanol–water partition coefficient (Wildman–Crippen LogP) is 3.13. The molecule has 0 saturated heterocycles. The molecule has 23 heavy (non-hydrogen) atoms. The molecule has 0 aliphatic heterocycles. The number of nitrogens with one attached hydrogen (secondary N) is 1. The number of carbonyl (C=O) groups excluding carboxylic acids is 1. The van der Waals surface area contributed by atoms with E-state index in [2.05, 4.69) is 48.7 Å². The first kappa shape index (κ1) is 18.0. The Bertz CT molecular complexity index is 489. The summed E-state index contributed by atoms with van der Waals surface area (Å²) < 4.78 is 0. The van der Waals surface area contributed by atoms with E-state index in [9.17, 15) is 4.79 Å². The summed E-state index contributed by atoms with van der Waals surface area (Å²) in [7, 11) is 1.70. The SMILES string of the molecule is CNC(=O)[C@@H](C)[NH2+][C@@H](c1ccc(C2CCCCC2)cc1)C(C)C. The van der Waals surface area contributed by atoms with Crippen LogP contribution in [-0.2, 0) is 4.79 Å². The number of quaternary nitrogens is 1. The minimum Gasteiger partial charge on any atom is -0.354 e. The summed E-state index contributed by atoms with van der Waals surface area (Å²) in [5.41, 5.74) is 2.82. The number of hydrogen-bond donors (Lipinski definition) is 2. The van der Waals surface area contributed by atoms with Crippen LogP contribution < -0.4 is 10.6 Å². The third-order valence-corrected chi connectivity index (χ3v) is 5.27. The van der Waals surface area contributed by atoms with Gasteiger partial charge in [0.1, 0.15) is 6.04 Å². The minimum absolute atomic E-state index is 0.0644. The lowest BCUT2D eigenvalue weighted by Gasteiger charge is -2.25. The van der Waals surface area contributed by atoms with Gasteiger partial charge in [-0.15, -0.1) is 0 Å². The van der Waals surface area contributed by atoms with Gasteiger partial charge in [0.05, 0.1) is 0 Å². The van der Waals surface area contributed by atoms with Crippen LogP contribution in [0, 0.1) is 5.92 Å². The molecule has 3 heteroatoms. The van der Waals surface area contributed by atoms with Gasteiger partial charge in [-0.1, -0.05) is 57.4 Å². The zero-order valence-corrected chi connectivity index (χ0v) is 15.1. The molecule has 1 amide bonds. The molecule has 1 aliphatic carbocycles. The summed E-state index contributed by atoms with van der Waals surface area (Å²) in [5.74, 6) is 1.33. The van der Waals surface area contributed by atoms with Crippen LogP contribution in [0.25, 0.3) is 0 Å². The molecule has 1 aliphatic rings. The number of rotatable bonds is 6. The lowest BCUT2D eigenvalue weighted by atomic mass is 9.83. The van der Waals surface area contributed by atoms with Crippen molar-refractivity contribution >= 4 is 5.91 Å². The number of carbonyl (C=O) groups is 1.